The Morgan fingerprint density at radius 2 is 1.53 bits per heavy atom. The van der Waals surface area contributed by atoms with Crippen molar-refractivity contribution in [3.05, 3.63) is 34.4 Å². The van der Waals surface area contributed by atoms with Crippen LogP contribution in [0.25, 0.3) is 0 Å². The number of phosphoric acid groups is 1. The van der Waals surface area contributed by atoms with Crippen molar-refractivity contribution >= 4 is 30.0 Å². The Hall–Kier alpha value is -0.403. The molecule has 7 heteroatoms. The molecule has 0 saturated heterocycles. The first kappa shape index (κ1) is 16.6. The van der Waals surface area contributed by atoms with Gasteiger partial charge in [-0.1, -0.05) is 0 Å². The van der Waals surface area contributed by atoms with Gasteiger partial charge in [-0.15, -0.1) is 0 Å². The maximum atomic E-state index is 11.1. The van der Waals surface area contributed by atoms with Crippen molar-refractivity contribution < 1.29 is 24.0 Å². The predicted octanol–water partition coefficient (Wildman–Crippen LogP) is 0.992. The van der Waals surface area contributed by atoms with Crippen molar-refractivity contribution in [1.82, 2.24) is 0 Å². The van der Waals surface area contributed by atoms with E-state index in [1.165, 1.54) is 11.1 Å². The monoisotopic (exact) mass is 252 g/mol. The molecule has 0 heterocycles. The minimum absolute atomic E-state index is 0.149. The Labute approximate surface area is 109 Å². The Kier molecular flexibility index (Phi) is 6.35. The molecule has 0 saturated carbocycles. The number of carbonyl (C=O) groups excluding carboxylic acids is 1. The molecule has 1 rings (SSSR count). The zero-order chi connectivity index (χ0) is 13.8. The third-order valence-corrected chi connectivity index (χ3v) is 2.44. The van der Waals surface area contributed by atoms with Crippen LogP contribution < -0.4 is 0 Å². The maximum absolute atomic E-state index is 11.1. The Morgan fingerprint density at radius 1 is 1.12 bits per heavy atom. The van der Waals surface area contributed by atoms with Crippen LogP contribution in [-0.4, -0.2) is 36.9 Å². The van der Waals surface area contributed by atoms with Crippen molar-refractivity contribution in [3.63, 3.8) is 0 Å². The van der Waals surface area contributed by atoms with E-state index >= 15 is 0 Å². The molecule has 1 aromatic rings. The van der Waals surface area contributed by atoms with E-state index in [0.29, 0.717) is 0 Å². The summed E-state index contributed by atoms with van der Waals surface area (Å²) in [5, 5.41) is 0. The van der Waals surface area contributed by atoms with Gasteiger partial charge in [-0.3, -0.25) is 0 Å². The van der Waals surface area contributed by atoms with Crippen molar-refractivity contribution in [3.8, 4) is 0 Å². The van der Waals surface area contributed by atoms with E-state index in [4.69, 9.17) is 19.2 Å². The molecule has 5 nitrogen and oxygen atoms in total. The van der Waals surface area contributed by atoms with Gasteiger partial charge in [0, 0.05) is 0 Å². The fraction of sp³-hybridized carbons (Fsp3) is 0.300. The number of aryl methyl sites for hydroxylation is 1. The van der Waals surface area contributed by atoms with Gasteiger partial charge in [0.25, 0.3) is 0 Å². The molecule has 0 aliphatic heterocycles. The first-order valence-electron chi connectivity index (χ1n) is 4.90. The molecule has 0 radical (unpaired) electrons. The fourth-order valence-electron chi connectivity index (χ4n) is 1.34. The molecule has 3 N–H and O–H groups in total. The summed E-state index contributed by atoms with van der Waals surface area (Å²) in [7, 11) is -4.64. The zero-order valence-corrected chi connectivity index (χ0v) is 11.2. The van der Waals surface area contributed by atoms with E-state index in [-0.39, 0.29) is 4.46 Å². The number of hydrogen-bond donors (Lipinski definition) is 3. The van der Waals surface area contributed by atoms with Crippen LogP contribution in [-0.2, 0) is 4.57 Å². The van der Waals surface area contributed by atoms with Gasteiger partial charge in [-0.25, -0.2) is 4.57 Å². The molecule has 0 unspecified atom stereocenters. The van der Waals surface area contributed by atoms with Crippen LogP contribution in [0.15, 0.2) is 12.1 Å². The van der Waals surface area contributed by atoms with Crippen LogP contribution >= 0.6 is 7.82 Å². The number of rotatable bonds is 1. The zero-order valence-electron chi connectivity index (χ0n) is 10.3. The van der Waals surface area contributed by atoms with E-state index < -0.39 is 7.82 Å². The summed E-state index contributed by atoms with van der Waals surface area (Å²) >= 11 is 1.61. The molecular weight excluding hydrogens is 238 g/mol. The van der Waals surface area contributed by atoms with E-state index in [2.05, 4.69) is 13.8 Å². The van der Waals surface area contributed by atoms with Crippen LogP contribution in [0.1, 0.15) is 27.0 Å². The average Bonchev–Trinajstić information content (AvgIpc) is 2.11. The molecular formula is C10H14LiO5P. The van der Waals surface area contributed by atoms with Gasteiger partial charge in [0.1, 0.15) is 0 Å². The fourth-order valence-corrected chi connectivity index (χ4v) is 1.34. The predicted molar refractivity (Wildman–Crippen MR) is 65.0 cm³/mol. The Morgan fingerprint density at radius 3 is 1.88 bits per heavy atom. The second-order valence-corrected chi connectivity index (χ2v) is 4.78. The van der Waals surface area contributed by atoms with Crippen molar-refractivity contribution in [2.45, 2.75) is 20.8 Å². The van der Waals surface area contributed by atoms with Gasteiger partial charge in [-0.2, -0.15) is 0 Å². The summed E-state index contributed by atoms with van der Waals surface area (Å²) in [6.45, 7) is 6.11. The molecule has 0 amide bonds. The molecule has 1 aromatic carbocycles. The van der Waals surface area contributed by atoms with Crippen LogP contribution in [0, 0.1) is 20.8 Å². The standard InChI is InChI=1S/C10H11O.Li.H3O4P/c1-7-4-5-10(6-11)9(3)8(7)2;;1-5(2,3)4/h4-5H,1-3H3;;(H3,1,2,3,4). The van der Waals surface area contributed by atoms with E-state index in [1.54, 1.807) is 17.7 Å². The van der Waals surface area contributed by atoms with Gasteiger partial charge in [0.15, 0.2) is 0 Å². The van der Waals surface area contributed by atoms with Gasteiger partial charge in [0.05, 0.1) is 0 Å². The van der Waals surface area contributed by atoms with Crippen molar-refractivity contribution in [2.24, 2.45) is 0 Å². The van der Waals surface area contributed by atoms with Gasteiger partial charge >= 0.3 is 89.9 Å². The molecule has 0 aliphatic carbocycles. The molecule has 0 atom stereocenters. The van der Waals surface area contributed by atoms with E-state index in [0.717, 1.165) is 11.1 Å². The second kappa shape index (κ2) is 6.51. The number of benzene rings is 1. The van der Waals surface area contributed by atoms with Crippen LogP contribution in [0.3, 0.4) is 0 Å². The molecule has 0 aliphatic rings. The molecule has 0 aromatic heterocycles. The van der Waals surface area contributed by atoms with Gasteiger partial charge < -0.3 is 14.7 Å². The Bertz CT molecular complexity index is 458. The van der Waals surface area contributed by atoms with Gasteiger partial charge in [-0.05, 0) is 0 Å². The SMILES string of the molecule is O=P(O)(O)O.[Li][C](=O)c1ccc(C)c(C)c1C. The normalized spacial score (nSPS) is 10.6. The molecule has 90 valence electrons. The third-order valence-electron chi connectivity index (χ3n) is 2.44. The summed E-state index contributed by atoms with van der Waals surface area (Å²) in [6.07, 6.45) is 0. The first-order chi connectivity index (χ1) is 7.54. The number of carbonyl (C=O) groups is 1. The summed E-state index contributed by atoms with van der Waals surface area (Å²) < 4.78 is 9.03. The van der Waals surface area contributed by atoms with Crippen molar-refractivity contribution in [2.75, 3.05) is 0 Å². The molecule has 17 heavy (non-hydrogen) atoms. The van der Waals surface area contributed by atoms with Crippen molar-refractivity contribution in [1.29, 1.82) is 0 Å². The summed E-state index contributed by atoms with van der Waals surface area (Å²) in [6, 6.07) is 3.90. The quantitative estimate of drug-likeness (QED) is 0.511. The topological polar surface area (TPSA) is 94.8 Å². The first-order valence-corrected chi connectivity index (χ1v) is 6.46. The molecule has 0 bridgehead atoms. The minimum atomic E-state index is -4.64. The van der Waals surface area contributed by atoms with E-state index in [1.807, 2.05) is 19.1 Å². The molecule has 0 spiro atoms. The van der Waals surface area contributed by atoms with Crippen LogP contribution in [0.2, 0.25) is 0 Å². The van der Waals surface area contributed by atoms with Crippen LogP contribution in [0.5, 0.6) is 0 Å². The summed E-state index contributed by atoms with van der Waals surface area (Å²) in [5.41, 5.74) is 4.43. The third kappa shape index (κ3) is 6.80. The second-order valence-electron chi connectivity index (χ2n) is 3.75. The number of hydrogen-bond acceptors (Lipinski definition) is 2. The average molecular weight is 252 g/mol. The molecule has 0 fully saturated rings. The summed E-state index contributed by atoms with van der Waals surface area (Å²) in [5.74, 6) is 0. The van der Waals surface area contributed by atoms with Crippen LogP contribution in [0.4, 0.5) is 0 Å². The Balaban J connectivity index is 0.000000437. The van der Waals surface area contributed by atoms with Gasteiger partial charge in [0.2, 0.25) is 0 Å². The van der Waals surface area contributed by atoms with E-state index in [9.17, 15) is 4.79 Å². The summed E-state index contributed by atoms with van der Waals surface area (Å²) in [4.78, 5) is 32.7.